The molecule has 0 saturated carbocycles. The zero-order chi connectivity index (χ0) is 11.5. The summed E-state index contributed by atoms with van der Waals surface area (Å²) >= 11 is 1.70. The summed E-state index contributed by atoms with van der Waals surface area (Å²) in [5.41, 5.74) is 2.21. The Labute approximate surface area is 99.1 Å². The van der Waals surface area contributed by atoms with Gasteiger partial charge in [-0.1, -0.05) is 0 Å². The van der Waals surface area contributed by atoms with Crippen LogP contribution in [-0.4, -0.2) is 22.7 Å². The van der Waals surface area contributed by atoms with Crippen LogP contribution >= 0.6 is 11.3 Å². The number of hydrogen-bond donors (Lipinski definition) is 2. The van der Waals surface area contributed by atoms with Crippen molar-refractivity contribution in [2.45, 2.75) is 25.9 Å². The fraction of sp³-hybridized carbons (Fsp3) is 0.417. The number of hydrogen-bond acceptors (Lipinski definition) is 4. The van der Waals surface area contributed by atoms with Crippen molar-refractivity contribution in [3.8, 4) is 0 Å². The third-order valence-electron chi connectivity index (χ3n) is 2.63. The van der Waals surface area contributed by atoms with Gasteiger partial charge < -0.3 is 10.4 Å². The van der Waals surface area contributed by atoms with E-state index in [9.17, 15) is 0 Å². The minimum absolute atomic E-state index is 0.106. The van der Waals surface area contributed by atoms with Gasteiger partial charge in [0.2, 0.25) is 0 Å². The molecule has 3 nitrogen and oxygen atoms in total. The molecule has 2 N–H and O–H groups in total. The van der Waals surface area contributed by atoms with Crippen LogP contribution in [0.1, 0.15) is 25.5 Å². The minimum atomic E-state index is 0.106. The second-order valence-corrected chi connectivity index (χ2v) is 4.99. The second-order valence-electron chi connectivity index (χ2n) is 4.04. The Balaban J connectivity index is 2.18. The van der Waals surface area contributed by atoms with Gasteiger partial charge in [-0.25, -0.2) is 0 Å². The Bertz CT molecular complexity index is 469. The van der Waals surface area contributed by atoms with Crippen LogP contribution < -0.4 is 5.32 Å². The smallest absolute Gasteiger partial charge is 0.0809 e. The average molecular weight is 236 g/mol. The molecule has 0 amide bonds. The number of nitrogens with zero attached hydrogens (tertiary/aromatic N) is 1. The zero-order valence-electron chi connectivity index (χ0n) is 9.47. The lowest BCUT2D eigenvalue weighted by atomic mass is 10.1. The predicted octanol–water partition coefficient (Wildman–Crippen LogP) is 2.33. The van der Waals surface area contributed by atoms with Crippen LogP contribution in [0.5, 0.6) is 0 Å². The van der Waals surface area contributed by atoms with Crippen molar-refractivity contribution in [2.75, 3.05) is 6.61 Å². The Kier molecular flexibility index (Phi) is 3.53. The van der Waals surface area contributed by atoms with Crippen molar-refractivity contribution < 1.29 is 5.11 Å². The average Bonchev–Trinajstić information content (AvgIpc) is 2.75. The predicted molar refractivity (Wildman–Crippen MR) is 67.7 cm³/mol. The first-order valence-corrected chi connectivity index (χ1v) is 6.28. The molecule has 0 aromatic carbocycles. The summed E-state index contributed by atoms with van der Waals surface area (Å²) in [5.74, 6) is 0. The molecule has 0 fully saturated rings. The van der Waals surface area contributed by atoms with Crippen LogP contribution in [0, 0.1) is 0 Å². The van der Waals surface area contributed by atoms with Crippen LogP contribution in [0.3, 0.4) is 0 Å². The highest BCUT2D eigenvalue weighted by molar-refractivity contribution is 7.17. The lowest BCUT2D eigenvalue weighted by molar-refractivity contribution is 0.243. The van der Waals surface area contributed by atoms with Crippen molar-refractivity contribution in [2.24, 2.45) is 0 Å². The summed E-state index contributed by atoms with van der Waals surface area (Å²) in [5, 5.41) is 14.4. The van der Waals surface area contributed by atoms with Gasteiger partial charge in [0.25, 0.3) is 0 Å². The van der Waals surface area contributed by atoms with Crippen LogP contribution in [0.2, 0.25) is 0 Å². The van der Waals surface area contributed by atoms with Gasteiger partial charge in [-0.2, -0.15) is 0 Å². The summed E-state index contributed by atoms with van der Waals surface area (Å²) in [4.78, 5) is 4.40. The number of aromatic nitrogens is 1. The van der Waals surface area contributed by atoms with E-state index in [2.05, 4.69) is 28.7 Å². The molecule has 0 aliphatic rings. The molecule has 2 aromatic rings. The lowest BCUT2D eigenvalue weighted by Crippen LogP contribution is -2.31. The quantitative estimate of drug-likeness (QED) is 0.856. The SMILES string of the molecule is CC(N[C@@H](C)CO)c1cnc2ccsc2c1. The third kappa shape index (κ3) is 2.40. The summed E-state index contributed by atoms with van der Waals surface area (Å²) in [6.45, 7) is 4.20. The number of thiophene rings is 1. The largest absolute Gasteiger partial charge is 0.395 e. The molecule has 0 bridgehead atoms. The van der Waals surface area contributed by atoms with E-state index in [4.69, 9.17) is 5.11 Å². The van der Waals surface area contributed by atoms with Crippen molar-refractivity contribution >= 4 is 21.6 Å². The zero-order valence-corrected chi connectivity index (χ0v) is 10.3. The van der Waals surface area contributed by atoms with E-state index in [1.807, 2.05) is 19.2 Å². The second kappa shape index (κ2) is 4.91. The molecule has 2 atom stereocenters. The van der Waals surface area contributed by atoms with E-state index >= 15 is 0 Å². The molecule has 4 heteroatoms. The first-order valence-electron chi connectivity index (χ1n) is 5.40. The molecule has 86 valence electrons. The van der Waals surface area contributed by atoms with E-state index in [0.717, 1.165) is 11.1 Å². The maximum absolute atomic E-state index is 8.99. The fourth-order valence-corrected chi connectivity index (χ4v) is 2.46. The molecule has 1 unspecified atom stereocenters. The van der Waals surface area contributed by atoms with Gasteiger partial charge in [-0.3, -0.25) is 4.98 Å². The monoisotopic (exact) mass is 236 g/mol. The van der Waals surface area contributed by atoms with Crippen molar-refractivity contribution in [3.05, 3.63) is 29.3 Å². The summed E-state index contributed by atoms with van der Waals surface area (Å²) in [7, 11) is 0. The molecule has 2 aromatic heterocycles. The Morgan fingerprint density at radius 1 is 1.50 bits per heavy atom. The molecule has 16 heavy (non-hydrogen) atoms. The van der Waals surface area contributed by atoms with Gasteiger partial charge in [-0.15, -0.1) is 11.3 Å². The molecule has 2 rings (SSSR count). The van der Waals surface area contributed by atoms with Crippen molar-refractivity contribution in [1.82, 2.24) is 10.3 Å². The Morgan fingerprint density at radius 2 is 2.31 bits per heavy atom. The number of rotatable bonds is 4. The van der Waals surface area contributed by atoms with Crippen LogP contribution in [0.4, 0.5) is 0 Å². The highest BCUT2D eigenvalue weighted by Crippen LogP contribution is 2.22. The summed E-state index contributed by atoms with van der Waals surface area (Å²) < 4.78 is 1.21. The number of fused-ring (bicyclic) bond motifs is 1. The van der Waals surface area contributed by atoms with E-state index < -0.39 is 0 Å². The minimum Gasteiger partial charge on any atom is -0.395 e. The maximum Gasteiger partial charge on any atom is 0.0809 e. The van der Waals surface area contributed by atoms with Crippen molar-refractivity contribution in [3.63, 3.8) is 0 Å². The fourth-order valence-electron chi connectivity index (χ4n) is 1.67. The molecule has 0 saturated heterocycles. The van der Waals surface area contributed by atoms with Gasteiger partial charge in [0, 0.05) is 18.3 Å². The third-order valence-corrected chi connectivity index (χ3v) is 3.49. The molecular weight excluding hydrogens is 220 g/mol. The maximum atomic E-state index is 8.99. The van der Waals surface area contributed by atoms with Crippen molar-refractivity contribution in [1.29, 1.82) is 0 Å². The highest BCUT2D eigenvalue weighted by atomic mass is 32.1. The molecule has 0 spiro atoms. The van der Waals surface area contributed by atoms with E-state index in [0.29, 0.717) is 0 Å². The highest BCUT2D eigenvalue weighted by Gasteiger charge is 2.09. The first kappa shape index (κ1) is 11.5. The van der Waals surface area contributed by atoms with Gasteiger partial charge in [-0.05, 0) is 36.9 Å². The van der Waals surface area contributed by atoms with Gasteiger partial charge in [0.05, 0.1) is 16.8 Å². The molecule has 0 radical (unpaired) electrons. The Morgan fingerprint density at radius 3 is 3.06 bits per heavy atom. The molecular formula is C12H16N2OS. The van der Waals surface area contributed by atoms with Crippen LogP contribution in [-0.2, 0) is 0 Å². The number of aliphatic hydroxyl groups is 1. The van der Waals surface area contributed by atoms with Crippen LogP contribution in [0.25, 0.3) is 10.2 Å². The Hall–Kier alpha value is -0.970. The van der Waals surface area contributed by atoms with E-state index in [-0.39, 0.29) is 18.7 Å². The number of aliphatic hydroxyl groups excluding tert-OH is 1. The summed E-state index contributed by atoms with van der Waals surface area (Å²) in [6, 6.07) is 4.50. The topological polar surface area (TPSA) is 45.1 Å². The summed E-state index contributed by atoms with van der Waals surface area (Å²) in [6.07, 6.45) is 1.90. The molecule has 2 heterocycles. The standard InChI is InChI=1S/C12H16N2OS/c1-8(7-15)14-9(2)10-5-12-11(13-6-10)3-4-16-12/h3-6,8-9,14-15H,7H2,1-2H3/t8-,9?/m0/s1. The number of nitrogens with one attached hydrogen (secondary N) is 1. The van der Waals surface area contributed by atoms with Gasteiger partial charge in [0.15, 0.2) is 0 Å². The van der Waals surface area contributed by atoms with Gasteiger partial charge in [0.1, 0.15) is 0 Å². The van der Waals surface area contributed by atoms with Crippen LogP contribution in [0.15, 0.2) is 23.7 Å². The first-order chi connectivity index (χ1) is 7.70. The number of pyridine rings is 1. The van der Waals surface area contributed by atoms with Gasteiger partial charge >= 0.3 is 0 Å². The molecule has 0 aliphatic heterocycles. The lowest BCUT2D eigenvalue weighted by Gasteiger charge is -2.18. The normalized spacial score (nSPS) is 15.2. The van der Waals surface area contributed by atoms with E-state index in [1.54, 1.807) is 11.3 Å². The van der Waals surface area contributed by atoms with E-state index in [1.165, 1.54) is 4.70 Å². The molecule has 0 aliphatic carbocycles.